The second-order valence-corrected chi connectivity index (χ2v) is 9.37. The van der Waals surface area contributed by atoms with Crippen molar-refractivity contribution in [2.24, 2.45) is 0 Å². The molecule has 35 heavy (non-hydrogen) atoms. The molecular weight excluding hydrogens is 471 g/mol. The Labute approximate surface area is 199 Å². The van der Waals surface area contributed by atoms with E-state index in [1.807, 2.05) is 6.92 Å². The molecule has 4 rings (SSSR count). The van der Waals surface area contributed by atoms with E-state index in [9.17, 15) is 27.1 Å². The molecule has 1 saturated heterocycles. The van der Waals surface area contributed by atoms with Gasteiger partial charge in [0.15, 0.2) is 0 Å². The van der Waals surface area contributed by atoms with Crippen LogP contribution in [0.1, 0.15) is 62.9 Å². The zero-order valence-corrected chi connectivity index (χ0v) is 19.5. The summed E-state index contributed by atoms with van der Waals surface area (Å²) in [6, 6.07) is 4.24. The number of hydrogen-bond acceptors (Lipinski definition) is 5. The summed E-state index contributed by atoms with van der Waals surface area (Å²) < 4.78 is 74.4. The van der Waals surface area contributed by atoms with Crippen molar-refractivity contribution in [3.05, 3.63) is 53.6 Å². The van der Waals surface area contributed by atoms with Crippen LogP contribution in [-0.2, 0) is 11.8 Å². The maximum absolute atomic E-state index is 13.8. The first-order valence-electron chi connectivity index (χ1n) is 11.3. The lowest BCUT2D eigenvalue weighted by Gasteiger charge is -2.40. The highest BCUT2D eigenvalue weighted by Gasteiger charge is 2.40. The molecule has 0 saturated carbocycles. The van der Waals surface area contributed by atoms with E-state index in [0.717, 1.165) is 12.3 Å². The number of ether oxygens (including phenoxy) is 1. The molecule has 11 heteroatoms. The zero-order chi connectivity index (χ0) is 25.5. The van der Waals surface area contributed by atoms with Crippen molar-refractivity contribution in [2.75, 3.05) is 6.61 Å². The van der Waals surface area contributed by atoms with Crippen LogP contribution in [0.15, 0.2) is 36.8 Å². The Morgan fingerprint density at radius 3 is 2.54 bits per heavy atom. The van der Waals surface area contributed by atoms with E-state index in [1.54, 1.807) is 13.8 Å². The number of hydrogen-bond donors (Lipinski definition) is 2. The standard InChI is InChI=1S/C24H27F5N4O2/c1-13(2)33-12-31-19-7-17(6-18(21(19)33)24(27,28)29)35-11-16-9-23(34,8-14(3)32-16)20-5-4-15(10-30-20)22(25)26/h4-7,10,12-14,16,22,32,34H,8-9,11H2,1-3H3. The summed E-state index contributed by atoms with van der Waals surface area (Å²) in [5.74, 6) is 0.0156. The van der Waals surface area contributed by atoms with E-state index in [0.29, 0.717) is 6.42 Å². The fraction of sp³-hybridized carbons (Fsp3) is 0.500. The molecule has 0 bridgehead atoms. The molecule has 1 aromatic carbocycles. The number of fused-ring (bicyclic) bond motifs is 1. The maximum atomic E-state index is 13.8. The van der Waals surface area contributed by atoms with Gasteiger partial charge in [0.25, 0.3) is 6.43 Å². The first-order chi connectivity index (χ1) is 16.4. The number of pyridine rings is 1. The quantitative estimate of drug-likeness (QED) is 0.447. The highest BCUT2D eigenvalue weighted by molar-refractivity contribution is 5.81. The summed E-state index contributed by atoms with van der Waals surface area (Å²) in [5, 5.41) is 14.5. The predicted molar refractivity (Wildman–Crippen MR) is 119 cm³/mol. The van der Waals surface area contributed by atoms with E-state index in [4.69, 9.17) is 4.74 Å². The number of aromatic nitrogens is 3. The molecule has 1 aliphatic rings. The van der Waals surface area contributed by atoms with Gasteiger partial charge in [-0.05, 0) is 45.4 Å². The van der Waals surface area contributed by atoms with Crippen molar-refractivity contribution < 1.29 is 31.8 Å². The Kier molecular flexibility index (Phi) is 6.76. The van der Waals surface area contributed by atoms with Gasteiger partial charge in [0.2, 0.25) is 0 Å². The SMILES string of the molecule is CC1CC(O)(c2ccc(C(F)F)cn2)CC(COc2cc(C(F)(F)F)c3c(c2)ncn3C(C)C)N1. The minimum absolute atomic E-state index is 0.00282. The second-order valence-electron chi connectivity index (χ2n) is 9.37. The van der Waals surface area contributed by atoms with Gasteiger partial charge in [-0.25, -0.2) is 13.8 Å². The number of rotatable bonds is 6. The number of benzene rings is 1. The summed E-state index contributed by atoms with van der Waals surface area (Å²) in [6.07, 6.45) is -4.40. The fourth-order valence-electron chi connectivity index (χ4n) is 4.68. The van der Waals surface area contributed by atoms with Gasteiger partial charge in [-0.2, -0.15) is 13.2 Å². The van der Waals surface area contributed by atoms with Gasteiger partial charge in [0.1, 0.15) is 18.0 Å². The molecule has 6 nitrogen and oxygen atoms in total. The highest BCUT2D eigenvalue weighted by atomic mass is 19.4. The molecule has 3 atom stereocenters. The Hall–Kier alpha value is -2.79. The molecular formula is C24H27F5N4O2. The summed E-state index contributed by atoms with van der Waals surface area (Å²) in [6.45, 7) is 5.38. The minimum Gasteiger partial charge on any atom is -0.492 e. The first kappa shape index (κ1) is 25.3. The number of alkyl halides is 5. The van der Waals surface area contributed by atoms with Crippen LogP contribution in [0.2, 0.25) is 0 Å². The van der Waals surface area contributed by atoms with Crippen LogP contribution in [-0.4, -0.2) is 38.3 Å². The van der Waals surface area contributed by atoms with Crippen molar-refractivity contribution in [1.29, 1.82) is 0 Å². The van der Waals surface area contributed by atoms with Gasteiger partial charge in [-0.15, -0.1) is 0 Å². The highest BCUT2D eigenvalue weighted by Crippen LogP contribution is 2.39. The van der Waals surface area contributed by atoms with Gasteiger partial charge in [0.05, 0.1) is 28.6 Å². The van der Waals surface area contributed by atoms with Gasteiger partial charge < -0.3 is 19.7 Å². The van der Waals surface area contributed by atoms with Gasteiger partial charge in [-0.1, -0.05) is 0 Å². The molecule has 2 aromatic heterocycles. The van der Waals surface area contributed by atoms with Crippen LogP contribution in [0.5, 0.6) is 5.75 Å². The number of aliphatic hydroxyl groups is 1. The first-order valence-corrected chi connectivity index (χ1v) is 11.3. The van der Waals surface area contributed by atoms with Crippen molar-refractivity contribution in [1.82, 2.24) is 19.9 Å². The minimum atomic E-state index is -4.60. The summed E-state index contributed by atoms with van der Waals surface area (Å²) in [5.41, 5.74) is -2.03. The smallest absolute Gasteiger partial charge is 0.418 e. The molecule has 190 valence electrons. The van der Waals surface area contributed by atoms with Crippen LogP contribution in [0.3, 0.4) is 0 Å². The van der Waals surface area contributed by atoms with Gasteiger partial charge in [0, 0.05) is 42.4 Å². The molecule has 3 heterocycles. The third kappa shape index (κ3) is 5.25. The van der Waals surface area contributed by atoms with Crippen LogP contribution < -0.4 is 10.1 Å². The van der Waals surface area contributed by atoms with Crippen LogP contribution in [0.4, 0.5) is 22.0 Å². The molecule has 0 spiro atoms. The third-order valence-corrected chi connectivity index (χ3v) is 6.22. The average molecular weight is 498 g/mol. The molecule has 2 N–H and O–H groups in total. The van der Waals surface area contributed by atoms with Crippen molar-refractivity contribution in [2.45, 2.75) is 69.9 Å². The number of halogens is 5. The van der Waals surface area contributed by atoms with Gasteiger partial charge >= 0.3 is 6.18 Å². The molecule has 0 aliphatic carbocycles. The summed E-state index contributed by atoms with van der Waals surface area (Å²) in [7, 11) is 0. The number of imidazole rings is 1. The Morgan fingerprint density at radius 2 is 1.94 bits per heavy atom. The predicted octanol–water partition coefficient (Wildman–Crippen LogP) is 5.38. The van der Waals surface area contributed by atoms with Crippen molar-refractivity contribution in [3.63, 3.8) is 0 Å². The molecule has 3 aromatic rings. The lowest BCUT2D eigenvalue weighted by Crippen LogP contribution is -2.53. The zero-order valence-electron chi connectivity index (χ0n) is 19.5. The second kappa shape index (κ2) is 9.34. The lowest BCUT2D eigenvalue weighted by atomic mass is 9.81. The molecule has 0 amide bonds. The van der Waals surface area contributed by atoms with E-state index in [1.165, 1.54) is 29.1 Å². The molecule has 1 fully saturated rings. The summed E-state index contributed by atoms with van der Waals surface area (Å²) >= 11 is 0. The van der Waals surface area contributed by atoms with Gasteiger partial charge in [-0.3, -0.25) is 4.98 Å². The molecule has 0 radical (unpaired) electrons. The van der Waals surface area contributed by atoms with Crippen LogP contribution >= 0.6 is 0 Å². The normalized spacial score (nSPS) is 23.4. The van der Waals surface area contributed by atoms with E-state index >= 15 is 0 Å². The topological polar surface area (TPSA) is 72.2 Å². The Morgan fingerprint density at radius 1 is 1.20 bits per heavy atom. The average Bonchev–Trinajstić information content (AvgIpc) is 3.20. The Bertz CT molecular complexity index is 1180. The fourth-order valence-corrected chi connectivity index (χ4v) is 4.68. The lowest BCUT2D eigenvalue weighted by molar-refractivity contribution is -0.136. The van der Waals surface area contributed by atoms with Crippen molar-refractivity contribution >= 4 is 11.0 Å². The number of nitrogens with one attached hydrogen (secondary N) is 1. The van der Waals surface area contributed by atoms with E-state index in [2.05, 4.69) is 15.3 Å². The largest absolute Gasteiger partial charge is 0.492 e. The Balaban J connectivity index is 1.55. The summed E-state index contributed by atoms with van der Waals surface area (Å²) in [4.78, 5) is 8.17. The molecule has 3 unspecified atom stereocenters. The monoisotopic (exact) mass is 498 g/mol. The van der Waals surface area contributed by atoms with E-state index in [-0.39, 0.29) is 53.2 Å². The van der Waals surface area contributed by atoms with Crippen LogP contribution in [0.25, 0.3) is 11.0 Å². The molecule has 1 aliphatic heterocycles. The number of piperidine rings is 1. The van der Waals surface area contributed by atoms with Crippen molar-refractivity contribution in [3.8, 4) is 5.75 Å². The van der Waals surface area contributed by atoms with Crippen LogP contribution in [0, 0.1) is 0 Å². The third-order valence-electron chi connectivity index (χ3n) is 6.22. The maximum Gasteiger partial charge on any atom is 0.418 e. The van der Waals surface area contributed by atoms with E-state index < -0.39 is 29.8 Å². The number of nitrogens with zero attached hydrogens (tertiary/aromatic N) is 3.